The Balaban J connectivity index is 1.36. The number of nitrogens with zero attached hydrogens (tertiary/aromatic N) is 2. The van der Waals surface area contributed by atoms with Crippen LogP contribution in [0.1, 0.15) is 0 Å². The third-order valence-corrected chi connectivity index (χ3v) is 11.6. The number of hydrogen-bond donors (Lipinski definition) is 0. The molecule has 0 N–H and O–H groups in total. The number of halogens is 3. The van der Waals surface area contributed by atoms with Crippen molar-refractivity contribution in [3.63, 3.8) is 0 Å². The van der Waals surface area contributed by atoms with Crippen LogP contribution < -0.4 is 9.80 Å². The van der Waals surface area contributed by atoms with Gasteiger partial charge >= 0.3 is 0 Å². The summed E-state index contributed by atoms with van der Waals surface area (Å²) in [5, 5.41) is 0.654. The van der Waals surface area contributed by atoms with Gasteiger partial charge < -0.3 is 9.80 Å². The third-order valence-electron chi connectivity index (χ3n) is 10.4. The summed E-state index contributed by atoms with van der Waals surface area (Å²) in [7, 11) is 0. The van der Waals surface area contributed by atoms with Gasteiger partial charge in [0.25, 0.3) is 0 Å². The van der Waals surface area contributed by atoms with E-state index in [0.717, 1.165) is 87.6 Å². The Kier molecular flexibility index (Phi) is 11.3. The molecule has 9 aromatic rings. The summed E-state index contributed by atoms with van der Waals surface area (Å²) in [6, 6.07) is 79.0. The van der Waals surface area contributed by atoms with E-state index < -0.39 is 0 Å². The molecule has 0 aliphatic carbocycles. The first-order chi connectivity index (χ1) is 29.0. The minimum atomic E-state index is 0.654. The molecular weight excluding hydrogens is 872 g/mol. The Morgan fingerprint density at radius 2 is 0.627 bits per heavy atom. The van der Waals surface area contributed by atoms with Gasteiger partial charge in [-0.15, -0.1) is 0 Å². The Labute approximate surface area is 367 Å². The standard InChI is InChI=1S/C54H37Br2ClN2/c55-42-25-13-27-45(33-42)58(53-49(38-17-5-1-6-18-38)29-15-30-50(53)39-19-7-2-8-20-39)47-34-43(56)35-48(37-47)59(46-28-14-26-44(57)36-46)54-51(40-21-9-3-10-22-40)31-16-32-52(54)41-23-11-4-12-24-41/h1-37H. The van der Waals surface area contributed by atoms with Gasteiger partial charge in [-0.3, -0.25) is 0 Å². The number of anilines is 6. The van der Waals surface area contributed by atoms with Crippen molar-refractivity contribution in [3.05, 3.63) is 238 Å². The van der Waals surface area contributed by atoms with E-state index in [2.05, 4.69) is 248 Å². The monoisotopic (exact) mass is 906 g/mol. The van der Waals surface area contributed by atoms with E-state index in [-0.39, 0.29) is 0 Å². The summed E-state index contributed by atoms with van der Waals surface area (Å²) in [5.41, 5.74) is 14.9. The second-order valence-electron chi connectivity index (χ2n) is 14.2. The molecule has 0 saturated carbocycles. The summed E-state index contributed by atoms with van der Waals surface area (Å²) < 4.78 is 1.91. The van der Waals surface area contributed by atoms with Crippen LogP contribution in [0.4, 0.5) is 34.1 Å². The molecule has 9 aromatic carbocycles. The van der Waals surface area contributed by atoms with Crippen LogP contribution in [-0.2, 0) is 0 Å². The highest BCUT2D eigenvalue weighted by atomic mass is 79.9. The molecule has 9 rings (SSSR count). The van der Waals surface area contributed by atoms with Crippen LogP contribution in [-0.4, -0.2) is 0 Å². The number of hydrogen-bond acceptors (Lipinski definition) is 2. The first-order valence-corrected chi connectivity index (χ1v) is 21.4. The smallest absolute Gasteiger partial charge is 0.0618 e. The number of para-hydroxylation sites is 2. The molecule has 0 atom stereocenters. The van der Waals surface area contributed by atoms with Gasteiger partial charge in [0, 0.05) is 59.0 Å². The molecule has 0 unspecified atom stereocenters. The zero-order valence-corrected chi connectivity index (χ0v) is 35.8. The van der Waals surface area contributed by atoms with Crippen LogP contribution in [0.15, 0.2) is 233 Å². The molecule has 0 aliphatic rings. The summed E-state index contributed by atoms with van der Waals surface area (Å²) in [5.74, 6) is 0. The Hall–Kier alpha value is -6.17. The van der Waals surface area contributed by atoms with Gasteiger partial charge in [-0.1, -0.05) is 213 Å². The molecule has 0 saturated heterocycles. The lowest BCUT2D eigenvalue weighted by Crippen LogP contribution is -2.16. The third kappa shape index (κ3) is 8.13. The average molecular weight is 909 g/mol. The molecular formula is C54H37Br2ClN2. The maximum atomic E-state index is 6.87. The predicted octanol–water partition coefficient (Wildman–Crippen LogP) is 17.5. The molecule has 0 bridgehead atoms. The summed E-state index contributed by atoms with van der Waals surface area (Å²) in [6.45, 7) is 0. The molecule has 0 radical (unpaired) electrons. The second kappa shape index (κ2) is 17.4. The van der Waals surface area contributed by atoms with Crippen LogP contribution >= 0.6 is 43.5 Å². The Morgan fingerprint density at radius 1 is 0.288 bits per heavy atom. The molecule has 0 aliphatic heterocycles. The van der Waals surface area contributed by atoms with Crippen LogP contribution in [0.2, 0.25) is 5.02 Å². The molecule has 5 heteroatoms. The van der Waals surface area contributed by atoms with E-state index >= 15 is 0 Å². The van der Waals surface area contributed by atoms with E-state index in [1.165, 1.54) is 0 Å². The first-order valence-electron chi connectivity index (χ1n) is 19.4. The molecule has 0 aromatic heterocycles. The topological polar surface area (TPSA) is 6.48 Å². The molecule has 0 heterocycles. The van der Waals surface area contributed by atoms with E-state index in [9.17, 15) is 0 Å². The molecule has 59 heavy (non-hydrogen) atoms. The van der Waals surface area contributed by atoms with E-state index in [4.69, 9.17) is 11.6 Å². The average Bonchev–Trinajstić information content (AvgIpc) is 3.28. The largest absolute Gasteiger partial charge is 0.309 e. The van der Waals surface area contributed by atoms with Crippen molar-refractivity contribution >= 4 is 77.6 Å². The summed E-state index contributed by atoms with van der Waals surface area (Å²) >= 11 is 14.7. The fraction of sp³-hybridized carbons (Fsp3) is 0. The highest BCUT2D eigenvalue weighted by molar-refractivity contribution is 9.10. The summed E-state index contributed by atoms with van der Waals surface area (Å²) in [6.07, 6.45) is 0. The first kappa shape index (κ1) is 38.4. The van der Waals surface area contributed by atoms with E-state index in [1.807, 2.05) is 18.2 Å². The van der Waals surface area contributed by atoms with Gasteiger partial charge in [-0.2, -0.15) is 0 Å². The SMILES string of the molecule is Clc1cccc(N(c2cc(Br)cc(N(c3cccc(Br)c3)c3c(-c4ccccc4)cccc3-c3ccccc3)c2)c2c(-c3ccccc3)cccc2-c2ccccc2)c1. The Morgan fingerprint density at radius 3 is 1.00 bits per heavy atom. The summed E-state index contributed by atoms with van der Waals surface area (Å²) in [4.78, 5) is 4.74. The van der Waals surface area contributed by atoms with Crippen molar-refractivity contribution < 1.29 is 0 Å². The fourth-order valence-corrected chi connectivity index (χ4v) is 8.87. The highest BCUT2D eigenvalue weighted by Gasteiger charge is 2.26. The van der Waals surface area contributed by atoms with Gasteiger partial charge in [-0.25, -0.2) is 0 Å². The van der Waals surface area contributed by atoms with E-state index in [1.54, 1.807) is 0 Å². The number of rotatable bonds is 10. The zero-order valence-electron chi connectivity index (χ0n) is 31.9. The van der Waals surface area contributed by atoms with Crippen molar-refractivity contribution in [2.24, 2.45) is 0 Å². The van der Waals surface area contributed by atoms with Crippen LogP contribution in [0.3, 0.4) is 0 Å². The number of benzene rings is 9. The zero-order chi connectivity index (χ0) is 40.1. The lowest BCUT2D eigenvalue weighted by molar-refractivity contribution is 1.24. The molecule has 0 spiro atoms. The Bertz CT molecular complexity index is 2560. The van der Waals surface area contributed by atoms with Crippen molar-refractivity contribution in [2.75, 3.05) is 9.80 Å². The molecule has 284 valence electrons. The molecule has 0 amide bonds. The van der Waals surface area contributed by atoms with Gasteiger partial charge in [0.1, 0.15) is 0 Å². The quantitative estimate of drug-likeness (QED) is 0.135. The van der Waals surface area contributed by atoms with Gasteiger partial charge in [-0.05, 0) is 76.9 Å². The van der Waals surface area contributed by atoms with Gasteiger partial charge in [0.2, 0.25) is 0 Å². The van der Waals surface area contributed by atoms with Gasteiger partial charge in [0.15, 0.2) is 0 Å². The minimum absolute atomic E-state index is 0.654. The van der Waals surface area contributed by atoms with Crippen molar-refractivity contribution in [1.82, 2.24) is 0 Å². The van der Waals surface area contributed by atoms with Gasteiger partial charge in [0.05, 0.1) is 11.4 Å². The maximum Gasteiger partial charge on any atom is 0.0618 e. The lowest BCUT2D eigenvalue weighted by atomic mass is 9.93. The van der Waals surface area contributed by atoms with Crippen molar-refractivity contribution in [3.8, 4) is 44.5 Å². The molecule has 2 nitrogen and oxygen atoms in total. The molecule has 0 fully saturated rings. The van der Waals surface area contributed by atoms with Crippen LogP contribution in [0.5, 0.6) is 0 Å². The predicted molar refractivity (Wildman–Crippen MR) is 258 cm³/mol. The minimum Gasteiger partial charge on any atom is -0.309 e. The second-order valence-corrected chi connectivity index (χ2v) is 16.4. The lowest BCUT2D eigenvalue weighted by Gasteiger charge is -2.34. The fourth-order valence-electron chi connectivity index (χ4n) is 7.83. The maximum absolute atomic E-state index is 6.87. The highest BCUT2D eigenvalue weighted by Crippen LogP contribution is 2.51. The van der Waals surface area contributed by atoms with Crippen molar-refractivity contribution in [2.45, 2.75) is 0 Å². The normalized spacial score (nSPS) is 11.0. The van der Waals surface area contributed by atoms with E-state index in [0.29, 0.717) is 5.02 Å². The van der Waals surface area contributed by atoms with Crippen LogP contribution in [0, 0.1) is 0 Å². The van der Waals surface area contributed by atoms with Crippen molar-refractivity contribution in [1.29, 1.82) is 0 Å². The van der Waals surface area contributed by atoms with Crippen LogP contribution in [0.25, 0.3) is 44.5 Å².